The van der Waals surface area contributed by atoms with Gasteiger partial charge in [-0.3, -0.25) is 9.36 Å². The van der Waals surface area contributed by atoms with Crippen LogP contribution in [0.25, 0.3) is 5.82 Å². The van der Waals surface area contributed by atoms with Crippen molar-refractivity contribution < 1.29 is 35.5 Å². The van der Waals surface area contributed by atoms with Gasteiger partial charge in [0.1, 0.15) is 10.7 Å². The molecule has 0 radical (unpaired) electrons. The second kappa shape index (κ2) is 6.87. The third kappa shape index (κ3) is 4.07. The average molecular weight is 422 g/mol. The highest BCUT2D eigenvalue weighted by molar-refractivity contribution is 6.31. The fourth-order valence-electron chi connectivity index (χ4n) is 1.93. The minimum Gasteiger partial charge on any atom is -0.411 e. The van der Waals surface area contributed by atoms with Gasteiger partial charge < -0.3 is 4.74 Å². The molecule has 0 spiro atoms. The Morgan fingerprint density at radius 3 is 2.30 bits per heavy atom. The van der Waals surface area contributed by atoms with Crippen LogP contribution in [0.2, 0.25) is 5.02 Å². The standard InChI is InChI=1S/C13H7ClF7N3O3/c1-23-7(13(19,20)21)3-8(25)24(11(23)26)9-6(16)2-5(14)10(22-9)27-12(17,18)4-15/h2-3H,4H2,1H3. The monoisotopic (exact) mass is 421 g/mol. The van der Waals surface area contributed by atoms with Crippen LogP contribution in [0.5, 0.6) is 5.88 Å². The van der Waals surface area contributed by atoms with E-state index >= 15 is 0 Å². The topological polar surface area (TPSA) is 66.1 Å². The first-order valence-corrected chi connectivity index (χ1v) is 7.06. The van der Waals surface area contributed by atoms with Gasteiger partial charge in [0.05, 0.1) is 0 Å². The maximum atomic E-state index is 14.1. The van der Waals surface area contributed by atoms with Crippen LogP contribution in [0, 0.1) is 5.82 Å². The smallest absolute Gasteiger partial charge is 0.411 e. The van der Waals surface area contributed by atoms with Crippen LogP contribution in [0.1, 0.15) is 5.69 Å². The molecule has 0 fully saturated rings. The van der Waals surface area contributed by atoms with Gasteiger partial charge in [-0.2, -0.15) is 26.9 Å². The molecule has 14 heteroatoms. The quantitative estimate of drug-likeness (QED) is 0.712. The summed E-state index contributed by atoms with van der Waals surface area (Å²) in [6.45, 7) is -2.31. The molecule has 0 N–H and O–H groups in total. The molecule has 2 aromatic rings. The zero-order valence-electron chi connectivity index (χ0n) is 13.0. The van der Waals surface area contributed by atoms with E-state index in [9.17, 15) is 40.3 Å². The summed E-state index contributed by atoms with van der Waals surface area (Å²) in [6.07, 6.45) is -9.49. The molecule has 0 atom stereocenters. The average Bonchev–Trinajstić information content (AvgIpc) is 2.53. The number of aromatic nitrogens is 3. The maximum absolute atomic E-state index is 14.1. The summed E-state index contributed by atoms with van der Waals surface area (Å²) in [5.74, 6) is -4.01. The highest BCUT2D eigenvalue weighted by Crippen LogP contribution is 2.30. The number of hydrogen-bond acceptors (Lipinski definition) is 4. The first-order chi connectivity index (χ1) is 12.3. The minimum absolute atomic E-state index is 0.0200. The van der Waals surface area contributed by atoms with Crippen LogP contribution in [0.15, 0.2) is 21.7 Å². The number of rotatable bonds is 4. The predicted octanol–water partition coefficient (Wildman–Crippen LogP) is 2.68. The van der Waals surface area contributed by atoms with Crippen LogP contribution in [-0.2, 0) is 13.2 Å². The van der Waals surface area contributed by atoms with Gasteiger partial charge in [0.15, 0.2) is 18.3 Å². The summed E-state index contributed by atoms with van der Waals surface area (Å²) in [5, 5.41) is -0.860. The molecule has 0 amide bonds. The zero-order valence-corrected chi connectivity index (χ0v) is 13.7. The van der Waals surface area contributed by atoms with Crippen LogP contribution in [0.3, 0.4) is 0 Å². The maximum Gasteiger partial charge on any atom is 0.431 e. The van der Waals surface area contributed by atoms with Gasteiger partial charge in [-0.15, -0.1) is 0 Å². The highest BCUT2D eigenvalue weighted by atomic mass is 35.5. The van der Waals surface area contributed by atoms with E-state index < -0.39 is 58.4 Å². The Labute approximate surface area is 149 Å². The third-order valence-electron chi connectivity index (χ3n) is 3.10. The van der Waals surface area contributed by atoms with E-state index in [-0.39, 0.29) is 15.2 Å². The van der Waals surface area contributed by atoms with Gasteiger partial charge in [-0.1, -0.05) is 11.6 Å². The van der Waals surface area contributed by atoms with Crippen molar-refractivity contribution in [1.29, 1.82) is 0 Å². The molecule has 2 aromatic heterocycles. The van der Waals surface area contributed by atoms with E-state index in [1.165, 1.54) is 0 Å². The summed E-state index contributed by atoms with van der Waals surface area (Å²) in [4.78, 5) is 27.1. The van der Waals surface area contributed by atoms with E-state index in [1.54, 1.807) is 0 Å². The van der Waals surface area contributed by atoms with Gasteiger partial charge in [-0.25, -0.2) is 18.1 Å². The largest absolute Gasteiger partial charge is 0.431 e. The molecule has 0 unspecified atom stereocenters. The third-order valence-corrected chi connectivity index (χ3v) is 3.37. The Bertz CT molecular complexity index is 1000. The molecule has 0 aliphatic heterocycles. The lowest BCUT2D eigenvalue weighted by Crippen LogP contribution is -2.41. The normalized spacial score (nSPS) is 12.3. The molecule has 0 saturated carbocycles. The summed E-state index contributed by atoms with van der Waals surface area (Å²) >= 11 is 5.45. The van der Waals surface area contributed by atoms with Crippen molar-refractivity contribution in [2.75, 3.05) is 6.67 Å². The molecule has 0 aliphatic rings. The Kier molecular flexibility index (Phi) is 5.27. The number of pyridine rings is 1. The summed E-state index contributed by atoms with van der Waals surface area (Å²) in [5.41, 5.74) is -4.96. The summed E-state index contributed by atoms with van der Waals surface area (Å²) < 4.78 is 94.4. The first-order valence-electron chi connectivity index (χ1n) is 6.68. The summed E-state index contributed by atoms with van der Waals surface area (Å²) in [7, 11) is 0.642. The second-order valence-electron chi connectivity index (χ2n) is 5.00. The number of nitrogens with zero attached hydrogens (tertiary/aromatic N) is 3. The van der Waals surface area contributed by atoms with Crippen LogP contribution < -0.4 is 16.0 Å². The van der Waals surface area contributed by atoms with Crippen molar-refractivity contribution in [3.63, 3.8) is 0 Å². The number of halogens is 8. The van der Waals surface area contributed by atoms with Crippen molar-refractivity contribution in [2.45, 2.75) is 12.3 Å². The van der Waals surface area contributed by atoms with Crippen LogP contribution >= 0.6 is 11.6 Å². The highest BCUT2D eigenvalue weighted by Gasteiger charge is 2.36. The SMILES string of the molecule is Cn1c(C(F)(F)F)cc(=O)n(-c2nc(OC(F)(F)CF)c(Cl)cc2F)c1=O. The number of hydrogen-bond donors (Lipinski definition) is 0. The molecule has 148 valence electrons. The van der Waals surface area contributed by atoms with Crippen molar-refractivity contribution >= 4 is 11.6 Å². The van der Waals surface area contributed by atoms with E-state index in [1.807, 2.05) is 0 Å². The first kappa shape index (κ1) is 20.7. The van der Waals surface area contributed by atoms with Gasteiger partial charge in [0, 0.05) is 19.2 Å². The van der Waals surface area contributed by atoms with Crippen LogP contribution in [0.4, 0.5) is 30.7 Å². The Balaban J connectivity index is 2.75. The molecule has 2 rings (SSSR count). The van der Waals surface area contributed by atoms with E-state index in [2.05, 4.69) is 9.72 Å². The van der Waals surface area contributed by atoms with Gasteiger partial charge in [-0.05, 0) is 0 Å². The van der Waals surface area contributed by atoms with E-state index in [0.717, 1.165) is 0 Å². The molecule has 2 heterocycles. The molecule has 27 heavy (non-hydrogen) atoms. The lowest BCUT2D eigenvalue weighted by molar-refractivity contribution is -0.188. The Hall–Kier alpha value is -2.57. The fourth-order valence-corrected chi connectivity index (χ4v) is 2.11. The minimum atomic E-state index is -5.07. The number of alkyl halides is 6. The molecule has 6 nitrogen and oxygen atoms in total. The van der Waals surface area contributed by atoms with Gasteiger partial charge in [0.2, 0.25) is 5.88 Å². The van der Waals surface area contributed by atoms with Gasteiger partial charge >= 0.3 is 18.0 Å². The zero-order chi connectivity index (χ0) is 20.7. The molecule has 0 bridgehead atoms. The Morgan fingerprint density at radius 1 is 1.19 bits per heavy atom. The molecular weight excluding hydrogens is 415 g/mol. The number of ether oxygens (including phenoxy) is 1. The van der Waals surface area contributed by atoms with Crippen molar-refractivity contribution in [1.82, 2.24) is 14.1 Å². The van der Waals surface area contributed by atoms with Crippen molar-refractivity contribution in [2.24, 2.45) is 7.05 Å². The van der Waals surface area contributed by atoms with Gasteiger partial charge in [0.25, 0.3) is 5.56 Å². The van der Waals surface area contributed by atoms with E-state index in [0.29, 0.717) is 13.1 Å². The second-order valence-corrected chi connectivity index (χ2v) is 5.40. The lowest BCUT2D eigenvalue weighted by atomic mass is 10.3. The molecule has 0 aromatic carbocycles. The molecular formula is C13H7ClF7N3O3. The molecule has 0 aliphatic carbocycles. The summed E-state index contributed by atoms with van der Waals surface area (Å²) in [6, 6.07) is 0.297. The van der Waals surface area contributed by atoms with Crippen molar-refractivity contribution in [3.8, 4) is 11.7 Å². The fraction of sp³-hybridized carbons (Fsp3) is 0.308. The van der Waals surface area contributed by atoms with E-state index in [4.69, 9.17) is 11.6 Å². The lowest BCUT2D eigenvalue weighted by Gasteiger charge is -2.17. The Morgan fingerprint density at radius 2 is 1.78 bits per heavy atom. The van der Waals surface area contributed by atoms with Crippen LogP contribution in [-0.4, -0.2) is 26.9 Å². The van der Waals surface area contributed by atoms with Crippen molar-refractivity contribution in [3.05, 3.63) is 49.5 Å². The molecule has 0 saturated heterocycles. The predicted molar refractivity (Wildman–Crippen MR) is 76.6 cm³/mol.